The van der Waals surface area contributed by atoms with Gasteiger partial charge in [0.1, 0.15) is 11.4 Å². The van der Waals surface area contributed by atoms with Gasteiger partial charge in [0.05, 0.1) is 5.69 Å². The molecule has 0 fully saturated rings. The highest BCUT2D eigenvalue weighted by Crippen LogP contribution is 2.33. The second kappa shape index (κ2) is 4.83. The predicted molar refractivity (Wildman–Crippen MR) is 69.7 cm³/mol. The molecule has 2 aromatic rings. The number of hydrogen-bond acceptors (Lipinski definition) is 3. The first kappa shape index (κ1) is 13.5. The number of carbonyl (C=O) groups excluding carboxylic acids is 1. The van der Waals surface area contributed by atoms with Crippen LogP contribution in [0, 0.1) is 0 Å². The van der Waals surface area contributed by atoms with Crippen LogP contribution in [0.3, 0.4) is 0 Å². The molecular weight excluding hydrogens is 283 g/mol. The molecule has 0 saturated heterocycles. The minimum atomic E-state index is -4.61. The number of aliphatic imine (C=N–C) groups is 1. The van der Waals surface area contributed by atoms with E-state index in [1.54, 1.807) is 30.3 Å². The molecule has 0 saturated carbocycles. The van der Waals surface area contributed by atoms with Crippen molar-refractivity contribution in [3.63, 3.8) is 0 Å². The van der Waals surface area contributed by atoms with E-state index in [-0.39, 0.29) is 18.0 Å². The quantitative estimate of drug-likeness (QED) is 0.798. The van der Waals surface area contributed by atoms with E-state index in [2.05, 4.69) is 9.98 Å². The van der Waals surface area contributed by atoms with E-state index in [0.29, 0.717) is 24.1 Å². The fourth-order valence-electron chi connectivity index (χ4n) is 2.39. The lowest BCUT2D eigenvalue weighted by molar-refractivity contribution is -0.146. The molecule has 0 spiro atoms. The molecule has 1 aliphatic rings. The number of aldehydes is 1. The van der Waals surface area contributed by atoms with Gasteiger partial charge in [0.2, 0.25) is 5.82 Å². The number of para-hydroxylation sites is 1. The molecule has 4 nitrogen and oxygen atoms in total. The smallest absolute Gasteiger partial charge is 0.296 e. The topological polar surface area (TPSA) is 47.2 Å². The van der Waals surface area contributed by atoms with Gasteiger partial charge in [0.25, 0.3) is 0 Å². The number of rotatable bonds is 2. The highest BCUT2D eigenvalue weighted by atomic mass is 19.4. The van der Waals surface area contributed by atoms with Crippen LogP contribution in [-0.2, 0) is 17.4 Å². The summed E-state index contributed by atoms with van der Waals surface area (Å²) in [6, 6.07) is 8.17. The van der Waals surface area contributed by atoms with Crippen LogP contribution >= 0.6 is 0 Å². The van der Waals surface area contributed by atoms with Crippen molar-refractivity contribution in [2.24, 2.45) is 4.99 Å². The minimum Gasteiger partial charge on any atom is -0.296 e. The summed E-state index contributed by atoms with van der Waals surface area (Å²) < 4.78 is 40.8. The third-order valence-corrected chi connectivity index (χ3v) is 3.23. The van der Waals surface area contributed by atoms with Crippen molar-refractivity contribution in [1.82, 2.24) is 9.55 Å². The maximum absolute atomic E-state index is 13.2. The van der Waals surface area contributed by atoms with Crippen molar-refractivity contribution in [3.05, 3.63) is 47.5 Å². The van der Waals surface area contributed by atoms with Gasteiger partial charge < -0.3 is 0 Å². The van der Waals surface area contributed by atoms with Crippen molar-refractivity contribution in [2.75, 3.05) is 6.54 Å². The lowest BCUT2D eigenvalue weighted by Crippen LogP contribution is -2.17. The van der Waals surface area contributed by atoms with Gasteiger partial charge in [-0.3, -0.25) is 14.4 Å². The van der Waals surface area contributed by atoms with Gasteiger partial charge in [-0.25, -0.2) is 4.98 Å². The number of fused-ring (bicyclic) bond motifs is 1. The van der Waals surface area contributed by atoms with Crippen molar-refractivity contribution in [1.29, 1.82) is 0 Å². The van der Waals surface area contributed by atoms with E-state index in [1.165, 1.54) is 0 Å². The van der Waals surface area contributed by atoms with Crippen LogP contribution in [-0.4, -0.2) is 28.1 Å². The Labute approximate surface area is 117 Å². The fourth-order valence-corrected chi connectivity index (χ4v) is 2.39. The summed E-state index contributed by atoms with van der Waals surface area (Å²) in [7, 11) is 0. The van der Waals surface area contributed by atoms with E-state index in [0.717, 1.165) is 4.57 Å². The van der Waals surface area contributed by atoms with Crippen LogP contribution in [0.1, 0.15) is 17.2 Å². The van der Waals surface area contributed by atoms with Crippen molar-refractivity contribution >= 4 is 12.0 Å². The molecule has 1 aromatic heterocycles. The third kappa shape index (κ3) is 2.24. The number of halogens is 3. The van der Waals surface area contributed by atoms with Crippen LogP contribution in [0.4, 0.5) is 13.2 Å². The molecule has 1 aromatic carbocycles. The monoisotopic (exact) mass is 293 g/mol. The molecule has 3 rings (SSSR count). The zero-order chi connectivity index (χ0) is 15.0. The van der Waals surface area contributed by atoms with Crippen LogP contribution in [0.15, 0.2) is 35.3 Å². The largest absolute Gasteiger partial charge is 0.450 e. The number of benzene rings is 1. The van der Waals surface area contributed by atoms with E-state index >= 15 is 0 Å². The first-order chi connectivity index (χ1) is 10.0. The standard InChI is InChI=1S/C14H10F3N3O/c15-14(16,17)13-19-12-10(8-21)18-7-6-11(12)20(13)9-4-2-1-3-5-9/h1-5,8H,6-7H2. The van der Waals surface area contributed by atoms with Gasteiger partial charge in [0.15, 0.2) is 6.29 Å². The summed E-state index contributed by atoms with van der Waals surface area (Å²) in [5, 5.41) is 0. The van der Waals surface area contributed by atoms with Crippen molar-refractivity contribution < 1.29 is 18.0 Å². The summed E-state index contributed by atoms with van der Waals surface area (Å²) in [6.45, 7) is 0.275. The summed E-state index contributed by atoms with van der Waals surface area (Å²) in [5.74, 6) is -1.03. The first-order valence-corrected chi connectivity index (χ1v) is 6.26. The molecule has 108 valence electrons. The summed E-state index contributed by atoms with van der Waals surface area (Å²) >= 11 is 0. The van der Waals surface area contributed by atoms with E-state index in [9.17, 15) is 18.0 Å². The van der Waals surface area contributed by atoms with Crippen molar-refractivity contribution in [3.8, 4) is 5.69 Å². The number of nitrogens with zero attached hydrogens (tertiary/aromatic N) is 3. The number of imidazole rings is 1. The molecule has 0 amide bonds. The van der Waals surface area contributed by atoms with Gasteiger partial charge in [-0.1, -0.05) is 18.2 Å². The Morgan fingerprint density at radius 3 is 2.52 bits per heavy atom. The third-order valence-electron chi connectivity index (χ3n) is 3.23. The molecule has 0 unspecified atom stereocenters. The molecule has 7 heteroatoms. The van der Waals surface area contributed by atoms with Crippen LogP contribution in [0.2, 0.25) is 0 Å². The lowest BCUT2D eigenvalue weighted by atomic mass is 10.1. The zero-order valence-electron chi connectivity index (χ0n) is 10.8. The predicted octanol–water partition coefficient (Wildman–Crippen LogP) is 2.44. The molecule has 0 radical (unpaired) electrons. The van der Waals surface area contributed by atoms with E-state index < -0.39 is 12.0 Å². The summed E-state index contributed by atoms with van der Waals surface area (Å²) in [6.07, 6.45) is -3.85. The maximum Gasteiger partial charge on any atom is 0.450 e. The molecule has 21 heavy (non-hydrogen) atoms. The van der Waals surface area contributed by atoms with E-state index in [1.807, 2.05) is 0 Å². The first-order valence-electron chi connectivity index (χ1n) is 6.26. The number of alkyl halides is 3. The van der Waals surface area contributed by atoms with Crippen LogP contribution in [0.5, 0.6) is 0 Å². The summed E-state index contributed by atoms with van der Waals surface area (Å²) in [4.78, 5) is 18.5. The molecular formula is C14H10F3N3O. The Kier molecular flexibility index (Phi) is 3.12. The highest BCUT2D eigenvalue weighted by Gasteiger charge is 2.40. The summed E-state index contributed by atoms with van der Waals surface area (Å²) in [5.41, 5.74) is 0.722. The second-order valence-electron chi connectivity index (χ2n) is 4.53. The molecule has 0 aliphatic carbocycles. The SMILES string of the molecule is O=CC1=NCCc2c1nc(C(F)(F)F)n2-c1ccccc1. The number of aromatic nitrogens is 2. The highest BCUT2D eigenvalue weighted by molar-refractivity contribution is 6.36. The Hall–Kier alpha value is -2.44. The van der Waals surface area contributed by atoms with Gasteiger partial charge in [-0.2, -0.15) is 13.2 Å². The molecule has 0 atom stereocenters. The van der Waals surface area contributed by atoms with Crippen LogP contribution < -0.4 is 0 Å². The van der Waals surface area contributed by atoms with Crippen LogP contribution in [0.25, 0.3) is 5.69 Å². The van der Waals surface area contributed by atoms with Gasteiger partial charge in [-0.05, 0) is 12.1 Å². The fraction of sp³-hybridized carbons (Fsp3) is 0.214. The van der Waals surface area contributed by atoms with Gasteiger partial charge >= 0.3 is 6.18 Å². The molecule has 1 aliphatic heterocycles. The molecule has 2 heterocycles. The van der Waals surface area contributed by atoms with Gasteiger partial charge in [0, 0.05) is 18.7 Å². The van der Waals surface area contributed by atoms with Gasteiger partial charge in [-0.15, -0.1) is 0 Å². The minimum absolute atomic E-state index is 0.0208. The Balaban J connectivity index is 2.30. The maximum atomic E-state index is 13.2. The Morgan fingerprint density at radius 2 is 1.90 bits per heavy atom. The average Bonchev–Trinajstić information content (AvgIpc) is 2.87. The van der Waals surface area contributed by atoms with Crippen molar-refractivity contribution in [2.45, 2.75) is 12.6 Å². The normalized spacial score (nSPS) is 14.5. The number of carbonyl (C=O) groups is 1. The average molecular weight is 293 g/mol. The zero-order valence-corrected chi connectivity index (χ0v) is 10.8. The molecule has 0 N–H and O–H groups in total. The number of hydrogen-bond donors (Lipinski definition) is 0. The Bertz CT molecular complexity index is 717. The lowest BCUT2D eigenvalue weighted by Gasteiger charge is -2.15. The van der Waals surface area contributed by atoms with E-state index in [4.69, 9.17) is 0 Å². The molecule has 0 bridgehead atoms. The second-order valence-corrected chi connectivity index (χ2v) is 4.53. The Morgan fingerprint density at radius 1 is 1.19 bits per heavy atom.